The van der Waals surface area contributed by atoms with Gasteiger partial charge in [-0.25, -0.2) is 9.59 Å². The fraction of sp³-hybridized carbons (Fsp3) is 0.538. The number of aliphatic carboxylic acids is 1. The Morgan fingerprint density at radius 1 is 1.47 bits per heavy atom. The second-order valence-electron chi connectivity index (χ2n) is 5.05. The summed E-state index contributed by atoms with van der Waals surface area (Å²) in [5, 5.41) is 13.7. The molecule has 2 rings (SSSR count). The van der Waals surface area contributed by atoms with Crippen LogP contribution in [0.5, 0.6) is 0 Å². The first kappa shape index (κ1) is 13.9. The standard InChI is InChI=1S/C13H18N2O3S/c1-8(2)11(12(16)17)14-13(18)15-5-3-10-9(7-15)4-6-19-10/h4,6,8,11H,3,5,7H2,1-2H3,(H,14,18)(H,16,17)/t11-/m0/s1. The highest BCUT2D eigenvalue weighted by molar-refractivity contribution is 7.10. The third kappa shape index (κ3) is 3.07. The Bertz CT molecular complexity index is 484. The lowest BCUT2D eigenvalue weighted by molar-refractivity contribution is -0.140. The molecule has 2 N–H and O–H groups in total. The second-order valence-corrected chi connectivity index (χ2v) is 6.05. The van der Waals surface area contributed by atoms with Crippen LogP contribution < -0.4 is 5.32 Å². The molecule has 0 saturated heterocycles. The number of nitrogens with zero attached hydrogens (tertiary/aromatic N) is 1. The number of nitrogens with one attached hydrogen (secondary N) is 1. The Balaban J connectivity index is 2.00. The number of urea groups is 1. The molecule has 0 aliphatic carbocycles. The molecule has 1 aromatic heterocycles. The van der Waals surface area contributed by atoms with Crippen molar-refractivity contribution in [1.29, 1.82) is 0 Å². The Morgan fingerprint density at radius 3 is 2.84 bits per heavy atom. The Labute approximate surface area is 116 Å². The molecule has 1 aliphatic heterocycles. The topological polar surface area (TPSA) is 69.6 Å². The smallest absolute Gasteiger partial charge is 0.326 e. The molecule has 2 amide bonds. The molecule has 2 heterocycles. The molecule has 5 nitrogen and oxygen atoms in total. The molecule has 0 bridgehead atoms. The zero-order valence-corrected chi connectivity index (χ0v) is 11.9. The zero-order chi connectivity index (χ0) is 14.0. The molecular weight excluding hydrogens is 264 g/mol. The normalized spacial score (nSPS) is 16.1. The van der Waals surface area contributed by atoms with Crippen LogP contribution in [0.3, 0.4) is 0 Å². The van der Waals surface area contributed by atoms with Crippen LogP contribution in [0.4, 0.5) is 4.79 Å². The van der Waals surface area contributed by atoms with Gasteiger partial charge >= 0.3 is 12.0 Å². The fourth-order valence-corrected chi connectivity index (χ4v) is 3.05. The van der Waals surface area contributed by atoms with Gasteiger partial charge in [0.1, 0.15) is 6.04 Å². The quantitative estimate of drug-likeness (QED) is 0.890. The minimum absolute atomic E-state index is 0.136. The SMILES string of the molecule is CC(C)[C@H](NC(=O)N1CCc2sccc2C1)C(=O)O. The van der Waals surface area contributed by atoms with Gasteiger partial charge in [0.05, 0.1) is 0 Å². The summed E-state index contributed by atoms with van der Waals surface area (Å²) >= 11 is 1.71. The maximum absolute atomic E-state index is 12.1. The lowest BCUT2D eigenvalue weighted by atomic mass is 10.1. The summed E-state index contributed by atoms with van der Waals surface area (Å²) in [7, 11) is 0. The number of carboxylic acid groups (broad SMARTS) is 1. The second kappa shape index (κ2) is 5.61. The van der Waals surface area contributed by atoms with E-state index in [4.69, 9.17) is 5.11 Å². The maximum atomic E-state index is 12.1. The van der Waals surface area contributed by atoms with Gasteiger partial charge in [0, 0.05) is 18.0 Å². The number of rotatable bonds is 3. The van der Waals surface area contributed by atoms with Crippen molar-refractivity contribution in [3.8, 4) is 0 Å². The summed E-state index contributed by atoms with van der Waals surface area (Å²) in [5.74, 6) is -1.13. The molecule has 19 heavy (non-hydrogen) atoms. The van der Waals surface area contributed by atoms with Crippen LogP contribution in [0.25, 0.3) is 0 Å². The molecule has 0 unspecified atom stereocenters. The van der Waals surface area contributed by atoms with E-state index in [0.29, 0.717) is 13.1 Å². The minimum Gasteiger partial charge on any atom is -0.480 e. The van der Waals surface area contributed by atoms with Crippen molar-refractivity contribution in [2.45, 2.75) is 32.9 Å². The van der Waals surface area contributed by atoms with Gasteiger partial charge in [-0.3, -0.25) is 0 Å². The number of carbonyl (C=O) groups excluding carboxylic acids is 1. The summed E-state index contributed by atoms with van der Waals surface area (Å²) in [4.78, 5) is 26.2. The highest BCUT2D eigenvalue weighted by Gasteiger charge is 2.27. The van der Waals surface area contributed by atoms with Crippen molar-refractivity contribution in [1.82, 2.24) is 10.2 Å². The van der Waals surface area contributed by atoms with E-state index in [1.807, 2.05) is 11.4 Å². The predicted molar refractivity (Wildman–Crippen MR) is 73.2 cm³/mol. The largest absolute Gasteiger partial charge is 0.480 e. The summed E-state index contributed by atoms with van der Waals surface area (Å²) < 4.78 is 0. The number of carboxylic acids is 1. The van der Waals surface area contributed by atoms with Crippen molar-refractivity contribution in [3.63, 3.8) is 0 Å². The average molecular weight is 282 g/mol. The third-order valence-corrected chi connectivity index (χ3v) is 4.33. The summed E-state index contributed by atoms with van der Waals surface area (Å²) in [6.07, 6.45) is 0.847. The van der Waals surface area contributed by atoms with Gasteiger partial charge < -0.3 is 15.3 Å². The van der Waals surface area contributed by atoms with E-state index in [2.05, 4.69) is 5.32 Å². The highest BCUT2D eigenvalue weighted by Crippen LogP contribution is 2.24. The molecule has 104 valence electrons. The fourth-order valence-electron chi connectivity index (χ4n) is 2.16. The summed E-state index contributed by atoms with van der Waals surface area (Å²) in [5.41, 5.74) is 1.17. The van der Waals surface area contributed by atoms with Gasteiger partial charge in [-0.2, -0.15) is 0 Å². The zero-order valence-electron chi connectivity index (χ0n) is 11.0. The van der Waals surface area contributed by atoms with Gasteiger partial charge in [-0.15, -0.1) is 11.3 Å². The first-order valence-corrected chi connectivity index (χ1v) is 7.20. The van der Waals surface area contributed by atoms with Crippen molar-refractivity contribution >= 4 is 23.3 Å². The van der Waals surface area contributed by atoms with Crippen molar-refractivity contribution in [2.75, 3.05) is 6.54 Å². The number of hydrogen-bond donors (Lipinski definition) is 2. The Hall–Kier alpha value is -1.56. The molecule has 0 aromatic carbocycles. The van der Waals surface area contributed by atoms with Crippen molar-refractivity contribution < 1.29 is 14.7 Å². The van der Waals surface area contributed by atoms with Gasteiger partial charge in [0.2, 0.25) is 0 Å². The lowest BCUT2D eigenvalue weighted by Gasteiger charge is -2.29. The number of thiophene rings is 1. The van der Waals surface area contributed by atoms with Gasteiger partial charge in [-0.05, 0) is 29.3 Å². The number of amides is 2. The van der Waals surface area contributed by atoms with Crippen LogP contribution in [0.15, 0.2) is 11.4 Å². The highest BCUT2D eigenvalue weighted by atomic mass is 32.1. The monoisotopic (exact) mass is 282 g/mol. The predicted octanol–water partition coefficient (Wildman–Crippen LogP) is 1.93. The lowest BCUT2D eigenvalue weighted by Crippen LogP contribution is -2.51. The van der Waals surface area contributed by atoms with E-state index in [0.717, 1.165) is 6.42 Å². The van der Waals surface area contributed by atoms with Crippen LogP contribution in [0, 0.1) is 5.92 Å². The molecule has 0 spiro atoms. The first-order chi connectivity index (χ1) is 8.99. The van der Waals surface area contributed by atoms with Gasteiger partial charge in [0.25, 0.3) is 0 Å². The summed E-state index contributed by atoms with van der Waals surface area (Å²) in [6, 6.07) is 0.894. The van der Waals surface area contributed by atoms with E-state index in [1.54, 1.807) is 30.1 Å². The van der Waals surface area contributed by atoms with Crippen LogP contribution in [-0.2, 0) is 17.8 Å². The van der Waals surface area contributed by atoms with Crippen LogP contribution in [-0.4, -0.2) is 34.6 Å². The summed E-state index contributed by atoms with van der Waals surface area (Å²) in [6.45, 7) is 4.78. The molecule has 0 saturated carbocycles. The van der Waals surface area contributed by atoms with Crippen molar-refractivity contribution in [2.24, 2.45) is 5.92 Å². The number of hydrogen-bond acceptors (Lipinski definition) is 3. The molecule has 0 fully saturated rings. The van der Waals surface area contributed by atoms with E-state index in [-0.39, 0.29) is 11.9 Å². The molecule has 0 radical (unpaired) electrons. The molecular formula is C13H18N2O3S. The number of carbonyl (C=O) groups is 2. The average Bonchev–Trinajstić information content (AvgIpc) is 2.81. The van der Waals surface area contributed by atoms with Gasteiger partial charge in [0.15, 0.2) is 0 Å². The third-order valence-electron chi connectivity index (χ3n) is 3.31. The van der Waals surface area contributed by atoms with Gasteiger partial charge in [-0.1, -0.05) is 13.8 Å². The molecule has 1 aliphatic rings. The van der Waals surface area contributed by atoms with E-state index < -0.39 is 12.0 Å². The van der Waals surface area contributed by atoms with E-state index >= 15 is 0 Å². The molecule has 1 aromatic rings. The first-order valence-electron chi connectivity index (χ1n) is 6.32. The van der Waals surface area contributed by atoms with Crippen LogP contribution in [0.2, 0.25) is 0 Å². The maximum Gasteiger partial charge on any atom is 0.326 e. The minimum atomic E-state index is -0.989. The Kier molecular flexibility index (Phi) is 4.09. The van der Waals surface area contributed by atoms with E-state index in [9.17, 15) is 9.59 Å². The van der Waals surface area contributed by atoms with Crippen molar-refractivity contribution in [3.05, 3.63) is 21.9 Å². The molecule has 1 atom stereocenters. The van der Waals surface area contributed by atoms with E-state index in [1.165, 1.54) is 10.4 Å². The molecule has 6 heteroatoms. The number of fused-ring (bicyclic) bond motifs is 1. The van der Waals surface area contributed by atoms with Crippen LogP contribution in [0.1, 0.15) is 24.3 Å². The van der Waals surface area contributed by atoms with Crippen LogP contribution >= 0.6 is 11.3 Å². The Morgan fingerprint density at radius 2 is 2.21 bits per heavy atom.